The SMILES string of the molecule is CCC[C@@H](NC(=O)C1(C)CSC(/C(C)=N/O)=N1)c1cc(O)cc(=O)[nH]1. The average molecular weight is 366 g/mol. The number of H-pyrrole nitrogens is 1. The van der Waals surface area contributed by atoms with Crippen LogP contribution in [0.1, 0.15) is 45.3 Å². The Bertz CT molecular complexity index is 774. The number of aromatic amines is 1. The Morgan fingerprint density at radius 1 is 1.56 bits per heavy atom. The lowest BCUT2D eigenvalue weighted by Crippen LogP contribution is -2.45. The minimum Gasteiger partial charge on any atom is -0.508 e. The number of pyridine rings is 1. The first-order chi connectivity index (χ1) is 11.8. The highest BCUT2D eigenvalue weighted by Crippen LogP contribution is 2.30. The van der Waals surface area contributed by atoms with Crippen LogP contribution < -0.4 is 10.9 Å². The molecule has 1 aliphatic rings. The average Bonchev–Trinajstić information content (AvgIpc) is 2.96. The van der Waals surface area contributed by atoms with Crippen molar-refractivity contribution in [2.75, 3.05) is 5.75 Å². The Labute approximate surface area is 149 Å². The molecule has 8 nitrogen and oxygen atoms in total. The van der Waals surface area contributed by atoms with Gasteiger partial charge in [0.15, 0.2) is 0 Å². The van der Waals surface area contributed by atoms with Crippen LogP contribution in [-0.2, 0) is 4.79 Å². The van der Waals surface area contributed by atoms with Crippen LogP contribution in [0, 0.1) is 0 Å². The van der Waals surface area contributed by atoms with E-state index in [-0.39, 0.29) is 11.7 Å². The Balaban J connectivity index is 2.23. The molecule has 0 saturated heterocycles. The molecule has 0 saturated carbocycles. The quantitative estimate of drug-likeness (QED) is 0.347. The molecule has 0 aliphatic carbocycles. The number of nitrogens with zero attached hydrogens (tertiary/aromatic N) is 2. The predicted molar refractivity (Wildman–Crippen MR) is 97.7 cm³/mol. The van der Waals surface area contributed by atoms with Crippen molar-refractivity contribution >= 4 is 28.4 Å². The zero-order valence-electron chi connectivity index (χ0n) is 14.4. The van der Waals surface area contributed by atoms with Crippen molar-refractivity contribution in [3.8, 4) is 5.75 Å². The molecule has 2 heterocycles. The van der Waals surface area contributed by atoms with Gasteiger partial charge in [0, 0.05) is 23.6 Å². The summed E-state index contributed by atoms with van der Waals surface area (Å²) >= 11 is 1.35. The fraction of sp³-hybridized carbons (Fsp3) is 0.500. The minimum atomic E-state index is -0.991. The van der Waals surface area contributed by atoms with Crippen LogP contribution in [0.3, 0.4) is 0 Å². The highest BCUT2D eigenvalue weighted by Gasteiger charge is 2.39. The maximum Gasteiger partial charge on any atom is 0.251 e. The second-order valence-electron chi connectivity index (χ2n) is 6.14. The van der Waals surface area contributed by atoms with Gasteiger partial charge >= 0.3 is 0 Å². The molecule has 1 aliphatic heterocycles. The van der Waals surface area contributed by atoms with E-state index < -0.39 is 17.1 Å². The first kappa shape index (κ1) is 19.0. The lowest BCUT2D eigenvalue weighted by atomic mass is 10.0. The summed E-state index contributed by atoms with van der Waals surface area (Å²) in [4.78, 5) is 31.4. The monoisotopic (exact) mass is 366 g/mol. The van der Waals surface area contributed by atoms with Gasteiger partial charge in [0.25, 0.3) is 5.56 Å². The number of carbonyl (C=O) groups excluding carboxylic acids is 1. The first-order valence-electron chi connectivity index (χ1n) is 7.95. The molecule has 1 unspecified atom stereocenters. The van der Waals surface area contributed by atoms with Crippen molar-refractivity contribution in [3.05, 3.63) is 28.2 Å². The fourth-order valence-corrected chi connectivity index (χ4v) is 3.62. The number of hydrogen-bond donors (Lipinski definition) is 4. The molecule has 1 amide bonds. The predicted octanol–water partition coefficient (Wildman–Crippen LogP) is 1.79. The van der Waals surface area contributed by atoms with Gasteiger partial charge in [-0.3, -0.25) is 14.6 Å². The summed E-state index contributed by atoms with van der Waals surface area (Å²) in [7, 11) is 0. The number of aromatic nitrogens is 1. The maximum atomic E-state index is 12.8. The lowest BCUT2D eigenvalue weighted by molar-refractivity contribution is -0.125. The molecule has 0 spiro atoms. The molecule has 0 bridgehead atoms. The summed E-state index contributed by atoms with van der Waals surface area (Å²) in [6, 6.07) is 2.08. The molecule has 2 atom stereocenters. The third-order valence-electron chi connectivity index (χ3n) is 3.89. The Morgan fingerprint density at radius 3 is 2.88 bits per heavy atom. The molecule has 1 aromatic rings. The second kappa shape index (κ2) is 7.73. The van der Waals surface area contributed by atoms with Gasteiger partial charge in [0.2, 0.25) is 5.91 Å². The number of rotatable bonds is 6. The number of hydrogen-bond acceptors (Lipinski definition) is 7. The highest BCUT2D eigenvalue weighted by molar-refractivity contribution is 8.16. The van der Waals surface area contributed by atoms with E-state index in [9.17, 15) is 14.7 Å². The van der Waals surface area contributed by atoms with Crippen LogP contribution in [-0.4, -0.2) is 43.3 Å². The van der Waals surface area contributed by atoms with Crippen LogP contribution in [0.25, 0.3) is 0 Å². The highest BCUT2D eigenvalue weighted by atomic mass is 32.2. The van der Waals surface area contributed by atoms with Crippen molar-refractivity contribution in [1.82, 2.24) is 10.3 Å². The molecule has 25 heavy (non-hydrogen) atoms. The number of carbonyl (C=O) groups is 1. The van der Waals surface area contributed by atoms with E-state index in [1.165, 1.54) is 17.8 Å². The standard InChI is InChI=1S/C16H22N4O4S/c1-4-5-11(12-6-10(21)7-13(22)17-12)18-15(23)16(3)8-25-14(19-16)9(2)20-24/h6-7,11,24H,4-5,8H2,1-3H3,(H,18,23)(H2,17,21,22)/b20-9+/t11-,16?/m1/s1. The minimum absolute atomic E-state index is 0.146. The van der Waals surface area contributed by atoms with E-state index >= 15 is 0 Å². The van der Waals surface area contributed by atoms with Crippen molar-refractivity contribution in [3.63, 3.8) is 0 Å². The molecule has 4 N–H and O–H groups in total. The van der Waals surface area contributed by atoms with Crippen LogP contribution in [0.15, 0.2) is 27.1 Å². The van der Waals surface area contributed by atoms with Crippen molar-refractivity contribution in [1.29, 1.82) is 0 Å². The number of amides is 1. The van der Waals surface area contributed by atoms with Gasteiger partial charge in [-0.2, -0.15) is 0 Å². The summed E-state index contributed by atoms with van der Waals surface area (Å²) in [6.45, 7) is 5.29. The van der Waals surface area contributed by atoms with Gasteiger partial charge in [-0.1, -0.05) is 18.5 Å². The summed E-state index contributed by atoms with van der Waals surface area (Å²) in [5.74, 6) is -0.00798. The van der Waals surface area contributed by atoms with E-state index in [4.69, 9.17) is 5.21 Å². The number of aromatic hydroxyl groups is 1. The number of oxime groups is 1. The van der Waals surface area contributed by atoms with Gasteiger partial charge in [0.05, 0.1) is 6.04 Å². The van der Waals surface area contributed by atoms with Crippen LogP contribution in [0.4, 0.5) is 0 Å². The molecule has 0 aromatic carbocycles. The van der Waals surface area contributed by atoms with Gasteiger partial charge in [-0.15, -0.1) is 11.8 Å². The van der Waals surface area contributed by atoms with E-state index in [0.717, 1.165) is 12.5 Å². The van der Waals surface area contributed by atoms with Crippen LogP contribution >= 0.6 is 11.8 Å². The first-order valence-corrected chi connectivity index (χ1v) is 8.93. The third kappa shape index (κ3) is 4.41. The van der Waals surface area contributed by atoms with Crippen molar-refractivity contribution < 1.29 is 15.1 Å². The van der Waals surface area contributed by atoms with Crippen molar-refractivity contribution in [2.24, 2.45) is 10.1 Å². The van der Waals surface area contributed by atoms with Crippen LogP contribution in [0.5, 0.6) is 5.75 Å². The number of aliphatic imine (C=N–C) groups is 1. The maximum absolute atomic E-state index is 12.8. The molecule has 136 valence electrons. The molecule has 1 aromatic heterocycles. The van der Waals surface area contributed by atoms with Gasteiger partial charge in [0.1, 0.15) is 22.0 Å². The normalized spacial score (nSPS) is 21.7. The van der Waals surface area contributed by atoms with Gasteiger partial charge in [-0.25, -0.2) is 0 Å². The van der Waals surface area contributed by atoms with E-state index in [1.807, 2.05) is 6.92 Å². The summed E-state index contributed by atoms with van der Waals surface area (Å²) in [5.41, 5.74) is -0.603. The Morgan fingerprint density at radius 2 is 2.28 bits per heavy atom. The Kier molecular flexibility index (Phi) is 5.89. The zero-order valence-corrected chi connectivity index (χ0v) is 15.2. The molecule has 2 rings (SSSR count). The lowest BCUT2D eigenvalue weighted by Gasteiger charge is -2.24. The summed E-state index contributed by atoms with van der Waals surface area (Å²) in [6.07, 6.45) is 1.38. The fourth-order valence-electron chi connectivity index (χ4n) is 2.49. The van der Waals surface area contributed by atoms with Gasteiger partial charge < -0.3 is 20.6 Å². The van der Waals surface area contributed by atoms with Crippen molar-refractivity contribution in [2.45, 2.75) is 45.2 Å². The number of thioether (sulfide) groups is 1. The second-order valence-corrected chi connectivity index (χ2v) is 7.10. The summed E-state index contributed by atoms with van der Waals surface area (Å²) in [5, 5.41) is 25.0. The molecular weight excluding hydrogens is 344 g/mol. The summed E-state index contributed by atoms with van der Waals surface area (Å²) < 4.78 is 0. The van der Waals surface area contributed by atoms with E-state index in [0.29, 0.717) is 28.6 Å². The molecule has 9 heteroatoms. The van der Waals surface area contributed by atoms with E-state index in [1.54, 1.807) is 13.8 Å². The molecular formula is C16H22N4O4S. The van der Waals surface area contributed by atoms with E-state index in [2.05, 4.69) is 20.4 Å². The largest absolute Gasteiger partial charge is 0.508 e. The number of nitrogens with one attached hydrogen (secondary N) is 2. The molecule has 0 radical (unpaired) electrons. The Hall–Kier alpha value is -2.29. The van der Waals surface area contributed by atoms with Crippen LogP contribution in [0.2, 0.25) is 0 Å². The smallest absolute Gasteiger partial charge is 0.251 e. The van der Waals surface area contributed by atoms with Gasteiger partial charge in [-0.05, 0) is 20.3 Å². The third-order valence-corrected chi connectivity index (χ3v) is 5.26. The topological polar surface area (TPSA) is 127 Å². The molecule has 0 fully saturated rings. The zero-order chi connectivity index (χ0) is 18.6.